The van der Waals surface area contributed by atoms with E-state index in [2.05, 4.69) is 45.0 Å². The number of carbonyl (C=O) groups excluding carboxylic acids is 1. The zero-order valence-corrected chi connectivity index (χ0v) is 20.9. The number of urea groups is 1. The lowest BCUT2D eigenvalue weighted by Gasteiger charge is -2.37. The van der Waals surface area contributed by atoms with Crippen LogP contribution in [0.2, 0.25) is 0 Å². The van der Waals surface area contributed by atoms with Crippen molar-refractivity contribution >= 4 is 29.0 Å². The molecule has 0 spiro atoms. The second kappa shape index (κ2) is 9.05. The van der Waals surface area contributed by atoms with Gasteiger partial charge in [0.05, 0.1) is 29.6 Å². The van der Waals surface area contributed by atoms with Crippen molar-refractivity contribution in [3.8, 4) is 11.3 Å². The van der Waals surface area contributed by atoms with Crippen LogP contribution in [0.5, 0.6) is 0 Å². The van der Waals surface area contributed by atoms with Crippen molar-refractivity contribution in [1.29, 1.82) is 0 Å². The Bertz CT molecular complexity index is 1290. The SMILES string of the molecule is Cc1cc(-c2ccc3c(n2)N(C(=O)Nc2cc(N4C[C@@H](C)O[C@@H](C)C4)ccn2)[C@H]2CCN3C2)ccn1. The molecule has 2 saturated heterocycles. The number of fused-ring (bicyclic) bond motifs is 4. The third-order valence-electron chi connectivity index (χ3n) is 7.13. The van der Waals surface area contributed by atoms with Gasteiger partial charge in [-0.15, -0.1) is 0 Å². The van der Waals surface area contributed by atoms with Crippen LogP contribution in [0, 0.1) is 6.92 Å². The van der Waals surface area contributed by atoms with Gasteiger partial charge in [-0.3, -0.25) is 15.2 Å². The molecule has 0 unspecified atom stereocenters. The first-order valence-corrected chi connectivity index (χ1v) is 12.6. The number of nitrogens with one attached hydrogen (secondary N) is 1. The number of ether oxygens (including phenoxy) is 1. The first kappa shape index (κ1) is 22.7. The predicted molar refractivity (Wildman–Crippen MR) is 141 cm³/mol. The molecular weight excluding hydrogens is 454 g/mol. The standard InChI is InChI=1S/C27H31N7O2/c1-17-12-20(6-9-28-17)23-4-5-24-26(30-23)34(22-8-11-32(24)16-22)27(35)31-25-13-21(7-10-29-25)33-14-18(2)36-19(3)15-33/h4-7,9-10,12-13,18-19,22H,8,11,14-16H2,1-3H3,(H,29,31,35)/t18-,19+,22-/m0/s1. The highest BCUT2D eigenvalue weighted by atomic mass is 16.5. The molecule has 9 nitrogen and oxygen atoms in total. The molecule has 1 N–H and O–H groups in total. The topological polar surface area (TPSA) is 86.7 Å². The predicted octanol–water partition coefficient (Wildman–Crippen LogP) is 4.09. The molecule has 2 fully saturated rings. The van der Waals surface area contributed by atoms with E-state index in [0.29, 0.717) is 11.6 Å². The summed E-state index contributed by atoms with van der Waals surface area (Å²) in [6.45, 7) is 9.47. The minimum Gasteiger partial charge on any atom is -0.372 e. The highest BCUT2D eigenvalue weighted by Crippen LogP contribution is 2.40. The third-order valence-corrected chi connectivity index (χ3v) is 7.13. The number of amides is 2. The summed E-state index contributed by atoms with van der Waals surface area (Å²) in [5, 5.41) is 3.06. The van der Waals surface area contributed by atoms with Gasteiger partial charge in [-0.2, -0.15) is 0 Å². The number of anilines is 4. The maximum absolute atomic E-state index is 13.7. The van der Waals surface area contributed by atoms with Gasteiger partial charge in [0.1, 0.15) is 5.82 Å². The number of aromatic nitrogens is 3. The van der Waals surface area contributed by atoms with Gasteiger partial charge in [0, 0.05) is 61.6 Å². The molecule has 0 aliphatic carbocycles. The Labute approximate surface area is 211 Å². The van der Waals surface area contributed by atoms with Crippen molar-refractivity contribution in [2.75, 3.05) is 46.2 Å². The van der Waals surface area contributed by atoms with E-state index in [9.17, 15) is 4.79 Å². The maximum atomic E-state index is 13.7. The first-order valence-electron chi connectivity index (χ1n) is 12.6. The Balaban J connectivity index is 1.29. The fourth-order valence-electron chi connectivity index (χ4n) is 5.58. The summed E-state index contributed by atoms with van der Waals surface area (Å²) in [5.41, 5.74) is 4.77. The molecule has 0 saturated carbocycles. The van der Waals surface area contributed by atoms with Gasteiger partial charge in [0.25, 0.3) is 0 Å². The van der Waals surface area contributed by atoms with Gasteiger partial charge in [-0.25, -0.2) is 14.8 Å². The summed E-state index contributed by atoms with van der Waals surface area (Å²) in [7, 11) is 0. The molecule has 9 heteroatoms. The van der Waals surface area contributed by atoms with Crippen LogP contribution in [0.3, 0.4) is 0 Å². The van der Waals surface area contributed by atoms with Crippen LogP contribution in [0.1, 0.15) is 26.0 Å². The van der Waals surface area contributed by atoms with Crippen LogP contribution in [-0.4, -0.2) is 65.4 Å². The largest absolute Gasteiger partial charge is 0.372 e. The first-order chi connectivity index (χ1) is 17.4. The zero-order valence-electron chi connectivity index (χ0n) is 20.9. The quantitative estimate of drug-likeness (QED) is 0.598. The summed E-state index contributed by atoms with van der Waals surface area (Å²) in [6, 6.07) is 11.9. The Morgan fingerprint density at radius 2 is 1.81 bits per heavy atom. The molecule has 2 amide bonds. The lowest BCUT2D eigenvalue weighted by atomic mass is 10.1. The van der Waals surface area contributed by atoms with Crippen LogP contribution >= 0.6 is 0 Å². The number of pyridine rings is 3. The fraction of sp³-hybridized carbons (Fsp3) is 0.407. The van der Waals surface area contributed by atoms with Gasteiger partial charge in [-0.05, 0) is 57.5 Å². The van der Waals surface area contributed by atoms with E-state index in [-0.39, 0.29) is 24.3 Å². The molecule has 186 valence electrons. The summed E-state index contributed by atoms with van der Waals surface area (Å²) in [5.74, 6) is 1.23. The number of morpholine rings is 1. The normalized spacial score (nSPS) is 23.0. The van der Waals surface area contributed by atoms with Gasteiger partial charge in [0.2, 0.25) is 0 Å². The van der Waals surface area contributed by atoms with E-state index >= 15 is 0 Å². The van der Waals surface area contributed by atoms with Crippen LogP contribution in [-0.2, 0) is 4.74 Å². The van der Waals surface area contributed by atoms with Crippen molar-refractivity contribution in [2.24, 2.45) is 0 Å². The molecule has 6 rings (SSSR count). The lowest BCUT2D eigenvalue weighted by molar-refractivity contribution is -0.00522. The van der Waals surface area contributed by atoms with Crippen LogP contribution in [0.15, 0.2) is 48.8 Å². The highest BCUT2D eigenvalue weighted by molar-refractivity contribution is 6.04. The molecule has 3 aromatic rings. The molecule has 0 radical (unpaired) electrons. The Kier molecular flexibility index (Phi) is 5.72. The average molecular weight is 486 g/mol. The van der Waals surface area contributed by atoms with E-state index in [4.69, 9.17) is 9.72 Å². The number of aryl methyl sites for hydroxylation is 1. The number of hydrogen-bond acceptors (Lipinski definition) is 7. The second-order valence-corrected chi connectivity index (χ2v) is 9.98. The zero-order chi connectivity index (χ0) is 24.8. The molecule has 3 aliphatic heterocycles. The van der Waals surface area contributed by atoms with Crippen molar-refractivity contribution in [2.45, 2.75) is 45.4 Å². The van der Waals surface area contributed by atoms with Gasteiger partial charge in [-0.1, -0.05) is 0 Å². The van der Waals surface area contributed by atoms with Crippen LogP contribution in [0.25, 0.3) is 11.3 Å². The summed E-state index contributed by atoms with van der Waals surface area (Å²) in [4.78, 5) is 33.8. The Hall–Kier alpha value is -3.72. The third kappa shape index (κ3) is 4.24. The summed E-state index contributed by atoms with van der Waals surface area (Å²) in [6.07, 6.45) is 4.75. The van der Waals surface area contributed by atoms with Crippen molar-refractivity contribution in [1.82, 2.24) is 15.0 Å². The van der Waals surface area contributed by atoms with E-state index in [0.717, 1.165) is 60.9 Å². The van der Waals surface area contributed by atoms with Crippen LogP contribution < -0.4 is 20.0 Å². The van der Waals surface area contributed by atoms with Crippen molar-refractivity contribution < 1.29 is 9.53 Å². The van der Waals surface area contributed by atoms with Gasteiger partial charge in [0.15, 0.2) is 5.82 Å². The van der Waals surface area contributed by atoms with Crippen molar-refractivity contribution in [3.63, 3.8) is 0 Å². The van der Waals surface area contributed by atoms with Gasteiger partial charge < -0.3 is 14.5 Å². The highest BCUT2D eigenvalue weighted by Gasteiger charge is 2.40. The minimum atomic E-state index is -0.202. The van der Waals surface area contributed by atoms with Crippen molar-refractivity contribution in [3.05, 3.63) is 54.5 Å². The Morgan fingerprint density at radius 1 is 1.00 bits per heavy atom. The van der Waals surface area contributed by atoms with E-state index in [1.54, 1.807) is 12.4 Å². The molecule has 6 heterocycles. The van der Waals surface area contributed by atoms with Gasteiger partial charge >= 0.3 is 6.03 Å². The average Bonchev–Trinajstić information content (AvgIpc) is 3.27. The van der Waals surface area contributed by atoms with E-state index in [1.807, 2.05) is 42.2 Å². The van der Waals surface area contributed by atoms with E-state index in [1.165, 1.54) is 0 Å². The Morgan fingerprint density at radius 3 is 2.61 bits per heavy atom. The number of carbonyl (C=O) groups is 1. The number of rotatable bonds is 3. The van der Waals surface area contributed by atoms with E-state index < -0.39 is 0 Å². The smallest absolute Gasteiger partial charge is 0.329 e. The molecule has 0 aromatic carbocycles. The number of nitrogens with zero attached hydrogens (tertiary/aromatic N) is 6. The molecule has 3 aromatic heterocycles. The fourth-order valence-corrected chi connectivity index (χ4v) is 5.58. The summed E-state index contributed by atoms with van der Waals surface area (Å²) < 4.78 is 5.87. The molecule has 3 aliphatic rings. The molecule has 36 heavy (non-hydrogen) atoms. The lowest BCUT2D eigenvalue weighted by Crippen LogP contribution is -2.48. The van der Waals surface area contributed by atoms with Crippen LogP contribution in [0.4, 0.5) is 27.8 Å². The molecule has 2 bridgehead atoms. The maximum Gasteiger partial charge on any atom is 0.329 e. The minimum absolute atomic E-state index is 0.0727. The molecule has 3 atom stereocenters. The monoisotopic (exact) mass is 485 g/mol. The molecular formula is C27H31N7O2. The summed E-state index contributed by atoms with van der Waals surface area (Å²) >= 11 is 0. The number of hydrogen-bond donors (Lipinski definition) is 1. The second-order valence-electron chi connectivity index (χ2n) is 9.98.